The Morgan fingerprint density at radius 3 is 2.72 bits per heavy atom. The van der Waals surface area contributed by atoms with Gasteiger partial charge in [0.1, 0.15) is 11.4 Å². The monoisotopic (exact) mass is 267 g/mol. The van der Waals surface area contributed by atoms with Gasteiger partial charge < -0.3 is 10.0 Å². The maximum Gasteiger partial charge on any atom is 0.329 e. The third-order valence-corrected chi connectivity index (χ3v) is 4.13. The average molecular weight is 268 g/mol. The van der Waals surface area contributed by atoms with Crippen molar-refractivity contribution in [2.75, 3.05) is 11.9 Å². The number of carboxylic acids is 1. The number of fused-ring (bicyclic) bond motifs is 1. The van der Waals surface area contributed by atoms with E-state index >= 15 is 0 Å². The molecule has 96 valence electrons. The van der Waals surface area contributed by atoms with Crippen molar-refractivity contribution < 1.29 is 9.90 Å². The number of hydrogen-bond acceptors (Lipinski definition) is 4. The minimum atomic E-state index is -0.786. The smallest absolute Gasteiger partial charge is 0.329 e. The van der Waals surface area contributed by atoms with E-state index in [1.165, 1.54) is 0 Å². The molecule has 0 aliphatic heterocycles. The van der Waals surface area contributed by atoms with Crippen LogP contribution >= 0.6 is 11.6 Å². The summed E-state index contributed by atoms with van der Waals surface area (Å²) in [6.07, 6.45) is 4.16. The van der Waals surface area contributed by atoms with E-state index in [0.29, 0.717) is 18.7 Å². The number of hydrogen-bond donors (Lipinski definition) is 1. The van der Waals surface area contributed by atoms with Gasteiger partial charge in [0.2, 0.25) is 5.28 Å². The van der Waals surface area contributed by atoms with Crippen LogP contribution in [-0.2, 0) is 17.6 Å². The number of carboxylic acid groups (broad SMARTS) is 1. The normalized spacial score (nSPS) is 19.4. The molecular weight excluding hydrogens is 254 g/mol. The van der Waals surface area contributed by atoms with Crippen LogP contribution in [0.4, 0.5) is 5.82 Å². The molecule has 1 saturated carbocycles. The molecule has 0 radical (unpaired) electrons. The SMILES string of the molecule is CN(c1nc(Cl)nc2c1CCC2)C1(C(=O)O)CC1. The molecule has 1 N–H and O–H groups in total. The van der Waals surface area contributed by atoms with Gasteiger partial charge in [-0.2, -0.15) is 0 Å². The highest BCUT2D eigenvalue weighted by molar-refractivity contribution is 6.28. The quantitative estimate of drug-likeness (QED) is 0.844. The van der Waals surface area contributed by atoms with Crippen molar-refractivity contribution in [1.29, 1.82) is 0 Å². The van der Waals surface area contributed by atoms with Crippen molar-refractivity contribution in [3.63, 3.8) is 0 Å². The molecule has 0 atom stereocenters. The molecule has 2 aliphatic rings. The first-order chi connectivity index (χ1) is 8.54. The Morgan fingerprint density at radius 2 is 2.11 bits per heavy atom. The highest BCUT2D eigenvalue weighted by atomic mass is 35.5. The maximum absolute atomic E-state index is 11.4. The van der Waals surface area contributed by atoms with Crippen LogP contribution in [0.5, 0.6) is 0 Å². The van der Waals surface area contributed by atoms with Crippen LogP contribution in [0.25, 0.3) is 0 Å². The lowest BCUT2D eigenvalue weighted by Crippen LogP contribution is -2.42. The molecular formula is C12H14ClN3O2. The van der Waals surface area contributed by atoms with Gasteiger partial charge in [0.25, 0.3) is 0 Å². The van der Waals surface area contributed by atoms with Gasteiger partial charge in [-0.05, 0) is 43.7 Å². The van der Waals surface area contributed by atoms with E-state index in [1.54, 1.807) is 11.9 Å². The van der Waals surface area contributed by atoms with E-state index in [9.17, 15) is 9.90 Å². The van der Waals surface area contributed by atoms with Crippen molar-refractivity contribution in [2.45, 2.75) is 37.6 Å². The zero-order chi connectivity index (χ0) is 12.9. The number of aromatic nitrogens is 2. The Bertz CT molecular complexity index is 528. The van der Waals surface area contributed by atoms with E-state index in [-0.39, 0.29) is 5.28 Å². The minimum Gasteiger partial charge on any atom is -0.479 e. The van der Waals surface area contributed by atoms with Gasteiger partial charge >= 0.3 is 5.97 Å². The standard InChI is InChI=1S/C12H14ClN3O2/c1-16(12(5-6-12)10(17)18)9-7-3-2-4-8(7)14-11(13)15-9/h2-6H2,1H3,(H,17,18). The fourth-order valence-corrected chi connectivity index (χ4v) is 2.86. The van der Waals surface area contributed by atoms with Crippen LogP contribution in [0, 0.1) is 0 Å². The number of halogens is 1. The maximum atomic E-state index is 11.4. The molecule has 6 heteroatoms. The first kappa shape index (κ1) is 11.7. The van der Waals surface area contributed by atoms with E-state index in [2.05, 4.69) is 9.97 Å². The van der Waals surface area contributed by atoms with Crippen molar-refractivity contribution in [3.8, 4) is 0 Å². The number of aliphatic carboxylic acids is 1. The predicted octanol–water partition coefficient (Wildman–Crippen LogP) is 1.67. The van der Waals surface area contributed by atoms with Crippen LogP contribution in [0.2, 0.25) is 5.28 Å². The summed E-state index contributed by atoms with van der Waals surface area (Å²) in [6, 6.07) is 0. The van der Waals surface area contributed by atoms with Gasteiger partial charge in [-0.3, -0.25) is 0 Å². The van der Waals surface area contributed by atoms with Gasteiger partial charge in [0, 0.05) is 12.6 Å². The highest BCUT2D eigenvalue weighted by Crippen LogP contribution is 2.45. The molecule has 0 bridgehead atoms. The summed E-state index contributed by atoms with van der Waals surface area (Å²) in [6.45, 7) is 0. The van der Waals surface area contributed by atoms with Gasteiger partial charge in [0.15, 0.2) is 0 Å². The number of aryl methyl sites for hydroxylation is 1. The van der Waals surface area contributed by atoms with Crippen LogP contribution in [-0.4, -0.2) is 33.6 Å². The van der Waals surface area contributed by atoms with Crippen molar-refractivity contribution in [3.05, 3.63) is 16.5 Å². The van der Waals surface area contributed by atoms with Crippen LogP contribution in [0.15, 0.2) is 0 Å². The number of anilines is 1. The molecule has 0 amide bonds. The fraction of sp³-hybridized carbons (Fsp3) is 0.583. The van der Waals surface area contributed by atoms with Crippen molar-refractivity contribution in [1.82, 2.24) is 9.97 Å². The van der Waals surface area contributed by atoms with Crippen LogP contribution in [0.3, 0.4) is 0 Å². The predicted molar refractivity (Wildman–Crippen MR) is 67.1 cm³/mol. The third kappa shape index (κ3) is 1.57. The van der Waals surface area contributed by atoms with Crippen LogP contribution < -0.4 is 4.90 Å². The topological polar surface area (TPSA) is 66.3 Å². The Labute approximate surface area is 110 Å². The zero-order valence-electron chi connectivity index (χ0n) is 10.1. The Balaban J connectivity index is 2.05. The number of carbonyl (C=O) groups is 1. The fourth-order valence-electron chi connectivity index (χ4n) is 2.67. The first-order valence-electron chi connectivity index (χ1n) is 6.07. The highest BCUT2D eigenvalue weighted by Gasteiger charge is 2.55. The Morgan fingerprint density at radius 1 is 1.39 bits per heavy atom. The summed E-state index contributed by atoms with van der Waals surface area (Å²) in [5.41, 5.74) is 1.25. The Hall–Kier alpha value is -1.36. The summed E-state index contributed by atoms with van der Waals surface area (Å²) in [7, 11) is 1.79. The Kier molecular flexibility index (Phi) is 2.48. The first-order valence-corrected chi connectivity index (χ1v) is 6.45. The average Bonchev–Trinajstić information content (AvgIpc) is 3.01. The lowest BCUT2D eigenvalue weighted by Gasteiger charge is -2.27. The summed E-state index contributed by atoms with van der Waals surface area (Å²) in [5.74, 6) is -0.0890. The molecule has 18 heavy (non-hydrogen) atoms. The van der Waals surface area contributed by atoms with Gasteiger partial charge in [0.05, 0.1) is 5.69 Å². The lowest BCUT2D eigenvalue weighted by atomic mass is 10.2. The summed E-state index contributed by atoms with van der Waals surface area (Å²) >= 11 is 5.93. The summed E-state index contributed by atoms with van der Waals surface area (Å²) < 4.78 is 0. The summed E-state index contributed by atoms with van der Waals surface area (Å²) in [5, 5.41) is 9.54. The minimum absolute atomic E-state index is 0.207. The van der Waals surface area contributed by atoms with Gasteiger partial charge in [-0.25, -0.2) is 14.8 Å². The molecule has 1 heterocycles. The second kappa shape index (κ2) is 3.82. The number of nitrogens with zero attached hydrogens (tertiary/aromatic N) is 3. The van der Waals surface area contributed by atoms with E-state index in [0.717, 1.165) is 30.5 Å². The third-order valence-electron chi connectivity index (χ3n) is 3.97. The molecule has 1 fully saturated rings. The van der Waals surface area contributed by atoms with E-state index in [1.807, 2.05) is 0 Å². The van der Waals surface area contributed by atoms with E-state index in [4.69, 9.17) is 11.6 Å². The molecule has 0 unspecified atom stereocenters. The molecule has 2 aliphatic carbocycles. The molecule has 0 saturated heterocycles. The number of likely N-dealkylation sites (N-methyl/N-ethyl adjacent to an activating group) is 1. The lowest BCUT2D eigenvalue weighted by molar-refractivity contribution is -0.139. The second-order valence-electron chi connectivity index (χ2n) is 4.99. The second-order valence-corrected chi connectivity index (χ2v) is 5.33. The molecule has 0 aromatic carbocycles. The molecule has 3 rings (SSSR count). The van der Waals surface area contributed by atoms with Gasteiger partial charge in [-0.1, -0.05) is 0 Å². The number of rotatable bonds is 3. The molecule has 1 aromatic rings. The zero-order valence-corrected chi connectivity index (χ0v) is 10.9. The largest absolute Gasteiger partial charge is 0.479 e. The van der Waals surface area contributed by atoms with E-state index < -0.39 is 11.5 Å². The molecule has 1 aromatic heterocycles. The molecule has 5 nitrogen and oxygen atoms in total. The summed E-state index contributed by atoms with van der Waals surface area (Å²) in [4.78, 5) is 21.6. The molecule has 0 spiro atoms. The van der Waals surface area contributed by atoms with Crippen molar-refractivity contribution >= 4 is 23.4 Å². The van der Waals surface area contributed by atoms with Crippen molar-refractivity contribution in [2.24, 2.45) is 0 Å². The van der Waals surface area contributed by atoms with Crippen LogP contribution in [0.1, 0.15) is 30.5 Å². The van der Waals surface area contributed by atoms with Gasteiger partial charge in [-0.15, -0.1) is 0 Å².